The summed E-state index contributed by atoms with van der Waals surface area (Å²) < 4.78 is 3.33. The largest absolute Gasteiger partial charge is 0.319 e. The molecule has 1 aromatic heterocycles. The number of hydrogen-bond donors (Lipinski definition) is 1. The van der Waals surface area contributed by atoms with Crippen LogP contribution in [0, 0.1) is 6.92 Å². The van der Waals surface area contributed by atoms with Gasteiger partial charge in [0.2, 0.25) is 5.91 Å². The summed E-state index contributed by atoms with van der Waals surface area (Å²) >= 11 is 1.54. The first-order valence-electron chi connectivity index (χ1n) is 9.99. The van der Waals surface area contributed by atoms with Gasteiger partial charge in [-0.05, 0) is 35.6 Å². The van der Waals surface area contributed by atoms with Crippen molar-refractivity contribution in [3.8, 4) is 5.69 Å². The molecule has 0 fully saturated rings. The van der Waals surface area contributed by atoms with Crippen LogP contribution < -0.4 is 10.9 Å². The number of nitrogens with zero attached hydrogens (tertiary/aromatic N) is 2. The van der Waals surface area contributed by atoms with Gasteiger partial charge in [0.15, 0.2) is 0 Å². The molecule has 2 aromatic carbocycles. The molecule has 0 aliphatic heterocycles. The second-order valence-electron chi connectivity index (χ2n) is 8.42. The first-order valence-corrected chi connectivity index (χ1v) is 11.1. The zero-order valence-corrected chi connectivity index (χ0v) is 19.0. The number of carbonyl (C=O) groups excluding carboxylic acids is 1. The highest BCUT2D eigenvalue weighted by atomic mass is 32.2. The van der Waals surface area contributed by atoms with Crippen molar-refractivity contribution in [2.24, 2.45) is 7.05 Å². The Morgan fingerprint density at radius 1 is 1.03 bits per heavy atom. The highest BCUT2D eigenvalue weighted by molar-refractivity contribution is 7.99. The summed E-state index contributed by atoms with van der Waals surface area (Å²) in [5.74, 6) is 0.873. The standard InChI is InChI=1S/C24H29N3O2S/c1-17-22(23(29)27(26(17)5)20-9-7-6-8-10-20)25-21(28)16-30-15-18-11-13-19(14-12-18)24(2,3)4/h6-14H,15-16H2,1-5H3,(H,25,28). The van der Waals surface area contributed by atoms with Crippen LogP contribution in [0.15, 0.2) is 59.4 Å². The van der Waals surface area contributed by atoms with Crippen LogP contribution in [-0.4, -0.2) is 21.0 Å². The number of aromatic nitrogens is 2. The maximum absolute atomic E-state index is 12.9. The number of hydrogen-bond acceptors (Lipinski definition) is 3. The third-order valence-electron chi connectivity index (χ3n) is 5.14. The van der Waals surface area contributed by atoms with Crippen molar-refractivity contribution in [2.75, 3.05) is 11.1 Å². The van der Waals surface area contributed by atoms with E-state index in [0.29, 0.717) is 11.4 Å². The van der Waals surface area contributed by atoms with Gasteiger partial charge in [0.05, 0.1) is 17.1 Å². The highest BCUT2D eigenvalue weighted by Gasteiger charge is 2.18. The molecule has 30 heavy (non-hydrogen) atoms. The van der Waals surface area contributed by atoms with Crippen LogP contribution >= 0.6 is 11.8 Å². The van der Waals surface area contributed by atoms with Crippen molar-refractivity contribution in [3.63, 3.8) is 0 Å². The molecule has 0 bridgehead atoms. The molecule has 0 radical (unpaired) electrons. The van der Waals surface area contributed by atoms with Crippen LogP contribution in [0.3, 0.4) is 0 Å². The molecule has 0 saturated carbocycles. The molecule has 0 unspecified atom stereocenters. The number of amides is 1. The molecular weight excluding hydrogens is 394 g/mol. The molecule has 3 rings (SSSR count). The fraction of sp³-hybridized carbons (Fsp3) is 0.333. The normalized spacial score (nSPS) is 11.5. The predicted octanol–water partition coefficient (Wildman–Crippen LogP) is 4.65. The first kappa shape index (κ1) is 22.0. The monoisotopic (exact) mass is 423 g/mol. The van der Waals surface area contributed by atoms with Gasteiger partial charge in [-0.2, -0.15) is 0 Å². The molecule has 158 valence electrons. The number of nitrogens with one attached hydrogen (secondary N) is 1. The summed E-state index contributed by atoms with van der Waals surface area (Å²) in [7, 11) is 1.81. The molecule has 0 atom stereocenters. The lowest BCUT2D eigenvalue weighted by molar-refractivity contribution is -0.113. The number of rotatable bonds is 6. The van der Waals surface area contributed by atoms with Gasteiger partial charge >= 0.3 is 0 Å². The second-order valence-corrected chi connectivity index (χ2v) is 9.41. The van der Waals surface area contributed by atoms with Gasteiger partial charge < -0.3 is 5.32 Å². The zero-order valence-electron chi connectivity index (χ0n) is 18.2. The Morgan fingerprint density at radius 2 is 1.67 bits per heavy atom. The van der Waals surface area contributed by atoms with E-state index in [1.165, 1.54) is 22.9 Å². The summed E-state index contributed by atoms with van der Waals surface area (Å²) in [5.41, 5.74) is 4.21. The van der Waals surface area contributed by atoms with E-state index in [-0.39, 0.29) is 16.9 Å². The Labute approximate surface area is 182 Å². The Morgan fingerprint density at radius 3 is 2.27 bits per heavy atom. The summed E-state index contributed by atoms with van der Waals surface area (Å²) in [5, 5.41) is 2.81. The Kier molecular flexibility index (Phi) is 6.56. The summed E-state index contributed by atoms with van der Waals surface area (Å²) in [6.07, 6.45) is 0. The van der Waals surface area contributed by atoms with Crippen LogP contribution in [0.25, 0.3) is 5.69 Å². The molecule has 0 aliphatic rings. The fourth-order valence-electron chi connectivity index (χ4n) is 3.25. The fourth-order valence-corrected chi connectivity index (χ4v) is 4.04. The quantitative estimate of drug-likeness (QED) is 0.628. The minimum Gasteiger partial charge on any atom is -0.319 e. The third-order valence-corrected chi connectivity index (χ3v) is 6.14. The van der Waals surface area contributed by atoms with E-state index >= 15 is 0 Å². The molecule has 0 saturated heterocycles. The second kappa shape index (κ2) is 8.96. The van der Waals surface area contributed by atoms with Crippen LogP contribution in [0.5, 0.6) is 0 Å². The van der Waals surface area contributed by atoms with Crippen molar-refractivity contribution < 1.29 is 4.79 Å². The Bertz CT molecular complexity index is 1070. The summed E-state index contributed by atoms with van der Waals surface area (Å²) in [4.78, 5) is 25.3. The van der Waals surface area contributed by atoms with Gasteiger partial charge in [-0.1, -0.05) is 63.2 Å². The predicted molar refractivity (Wildman–Crippen MR) is 126 cm³/mol. The van der Waals surface area contributed by atoms with Crippen LogP contribution in [0.1, 0.15) is 37.6 Å². The zero-order chi connectivity index (χ0) is 21.9. The average molecular weight is 424 g/mol. The minimum atomic E-state index is -0.225. The molecule has 5 nitrogen and oxygen atoms in total. The SMILES string of the molecule is Cc1c(NC(=O)CSCc2ccc(C(C)(C)C)cc2)c(=O)n(-c2ccccc2)n1C. The van der Waals surface area contributed by atoms with Crippen molar-refractivity contribution >= 4 is 23.4 Å². The lowest BCUT2D eigenvalue weighted by Crippen LogP contribution is -2.23. The van der Waals surface area contributed by atoms with Gasteiger partial charge in [0.25, 0.3) is 5.56 Å². The molecule has 1 N–H and O–H groups in total. The van der Waals surface area contributed by atoms with Crippen molar-refractivity contribution in [2.45, 2.75) is 38.9 Å². The maximum atomic E-state index is 12.9. The van der Waals surface area contributed by atoms with E-state index in [0.717, 1.165) is 17.1 Å². The number of para-hydroxylation sites is 1. The highest BCUT2D eigenvalue weighted by Crippen LogP contribution is 2.23. The molecule has 1 amide bonds. The van der Waals surface area contributed by atoms with Gasteiger partial charge in [-0.15, -0.1) is 11.8 Å². The smallest absolute Gasteiger partial charge is 0.295 e. The van der Waals surface area contributed by atoms with E-state index in [1.54, 1.807) is 9.36 Å². The number of thioether (sulfide) groups is 1. The van der Waals surface area contributed by atoms with E-state index in [1.807, 2.05) is 44.3 Å². The number of anilines is 1. The summed E-state index contributed by atoms with van der Waals surface area (Å²) in [6, 6.07) is 17.9. The first-order chi connectivity index (χ1) is 14.2. The minimum absolute atomic E-state index is 0.131. The third kappa shape index (κ3) is 4.87. The maximum Gasteiger partial charge on any atom is 0.295 e. The van der Waals surface area contributed by atoms with Crippen LogP contribution in [0.4, 0.5) is 5.69 Å². The molecule has 0 spiro atoms. The lowest BCUT2D eigenvalue weighted by Gasteiger charge is -2.19. The Hall–Kier alpha value is -2.73. The molecule has 1 heterocycles. The summed E-state index contributed by atoms with van der Waals surface area (Å²) in [6.45, 7) is 8.41. The Balaban J connectivity index is 1.62. The van der Waals surface area contributed by atoms with Gasteiger partial charge in [0.1, 0.15) is 5.69 Å². The van der Waals surface area contributed by atoms with E-state index in [2.05, 4.69) is 50.4 Å². The number of benzene rings is 2. The van der Waals surface area contributed by atoms with E-state index < -0.39 is 0 Å². The van der Waals surface area contributed by atoms with Crippen molar-refractivity contribution in [3.05, 3.63) is 81.8 Å². The topological polar surface area (TPSA) is 56.0 Å². The van der Waals surface area contributed by atoms with E-state index in [4.69, 9.17) is 0 Å². The van der Waals surface area contributed by atoms with Gasteiger partial charge in [-0.3, -0.25) is 14.3 Å². The lowest BCUT2D eigenvalue weighted by atomic mass is 9.87. The van der Waals surface area contributed by atoms with Crippen LogP contribution in [0.2, 0.25) is 0 Å². The molecular formula is C24H29N3O2S. The van der Waals surface area contributed by atoms with Crippen LogP contribution in [-0.2, 0) is 23.0 Å². The molecule has 0 aliphatic carbocycles. The molecule has 3 aromatic rings. The molecule has 6 heteroatoms. The van der Waals surface area contributed by atoms with E-state index in [9.17, 15) is 9.59 Å². The van der Waals surface area contributed by atoms with Crippen molar-refractivity contribution in [1.82, 2.24) is 9.36 Å². The van der Waals surface area contributed by atoms with Gasteiger partial charge in [-0.25, -0.2) is 4.68 Å². The average Bonchev–Trinajstić information content (AvgIpc) is 2.91. The number of carbonyl (C=O) groups is 1. The van der Waals surface area contributed by atoms with Crippen molar-refractivity contribution in [1.29, 1.82) is 0 Å². The van der Waals surface area contributed by atoms with Gasteiger partial charge in [0, 0.05) is 12.8 Å².